The molecule has 0 unspecified atom stereocenters. The third-order valence-electron chi connectivity index (χ3n) is 4.87. The lowest BCUT2D eigenvalue weighted by Gasteiger charge is -2.11. The highest BCUT2D eigenvalue weighted by atomic mass is 32.2. The maximum absolute atomic E-state index is 12.8. The summed E-state index contributed by atoms with van der Waals surface area (Å²) in [4.78, 5) is 0.0226. The zero-order valence-electron chi connectivity index (χ0n) is 18.6. The monoisotopic (exact) mass is 510 g/mol. The summed E-state index contributed by atoms with van der Waals surface area (Å²) in [6.07, 6.45) is 0. The predicted octanol–water partition coefficient (Wildman–Crippen LogP) is 5.09. The molecule has 4 aromatic carbocycles. The van der Waals surface area contributed by atoms with Gasteiger partial charge in [0.05, 0.1) is 16.9 Å². The Kier molecular flexibility index (Phi) is 6.94. The van der Waals surface area contributed by atoms with Gasteiger partial charge in [-0.25, -0.2) is 16.8 Å². The molecule has 0 spiro atoms. The standard InChI is InChI=1S/C25H22N2O6S2/c1-32-21-11-7-19(8-12-21)26-34(28,29)24-15-9-20(10-16-24)27-35(30,31)25-17-13-23(14-18-25)33-22-5-3-2-4-6-22/h2-18,26-27H,1H3. The molecule has 0 bridgehead atoms. The van der Waals surface area contributed by atoms with Gasteiger partial charge in [-0.2, -0.15) is 0 Å². The average molecular weight is 511 g/mol. The number of hydrogen-bond acceptors (Lipinski definition) is 6. The van der Waals surface area contributed by atoms with Crippen LogP contribution < -0.4 is 18.9 Å². The fourth-order valence-corrected chi connectivity index (χ4v) is 5.22. The number of ether oxygens (including phenoxy) is 2. The van der Waals surface area contributed by atoms with Crippen LogP contribution in [0.1, 0.15) is 0 Å². The summed E-state index contributed by atoms with van der Waals surface area (Å²) >= 11 is 0. The lowest BCUT2D eigenvalue weighted by molar-refractivity contribution is 0.415. The fourth-order valence-electron chi connectivity index (χ4n) is 3.10. The molecule has 180 valence electrons. The molecule has 2 N–H and O–H groups in total. The molecule has 0 amide bonds. The molecule has 0 atom stereocenters. The number of rotatable bonds is 9. The number of nitrogens with one attached hydrogen (secondary N) is 2. The summed E-state index contributed by atoms with van der Waals surface area (Å²) in [5.41, 5.74) is 0.591. The van der Waals surface area contributed by atoms with Gasteiger partial charge in [-0.1, -0.05) is 18.2 Å². The molecule has 4 rings (SSSR count). The van der Waals surface area contributed by atoms with E-state index in [1.807, 2.05) is 18.2 Å². The Bertz CT molecular complexity index is 1490. The molecule has 0 radical (unpaired) electrons. The van der Waals surface area contributed by atoms with Gasteiger partial charge in [-0.05, 0) is 84.9 Å². The summed E-state index contributed by atoms with van der Waals surface area (Å²) < 4.78 is 66.4. The Morgan fingerprint density at radius 2 is 0.914 bits per heavy atom. The van der Waals surface area contributed by atoms with Crippen molar-refractivity contribution in [2.75, 3.05) is 16.6 Å². The van der Waals surface area contributed by atoms with Gasteiger partial charge >= 0.3 is 0 Å². The van der Waals surface area contributed by atoms with Crippen molar-refractivity contribution in [3.8, 4) is 17.2 Å². The van der Waals surface area contributed by atoms with Crippen LogP contribution in [-0.2, 0) is 20.0 Å². The third kappa shape index (κ3) is 6.11. The Morgan fingerprint density at radius 1 is 0.514 bits per heavy atom. The number of hydrogen-bond donors (Lipinski definition) is 2. The van der Waals surface area contributed by atoms with E-state index in [9.17, 15) is 16.8 Å². The van der Waals surface area contributed by atoms with Crippen LogP contribution in [0.5, 0.6) is 17.2 Å². The molecule has 4 aromatic rings. The first-order valence-corrected chi connectivity index (χ1v) is 13.3. The third-order valence-corrected chi connectivity index (χ3v) is 7.67. The first kappa shape index (κ1) is 24.1. The summed E-state index contributed by atoms with van der Waals surface area (Å²) in [7, 11) is -6.23. The van der Waals surface area contributed by atoms with Gasteiger partial charge in [-0.15, -0.1) is 0 Å². The molecule has 0 heterocycles. The van der Waals surface area contributed by atoms with E-state index in [4.69, 9.17) is 9.47 Å². The zero-order valence-corrected chi connectivity index (χ0v) is 20.2. The van der Waals surface area contributed by atoms with E-state index in [0.717, 1.165) is 0 Å². The van der Waals surface area contributed by atoms with E-state index < -0.39 is 20.0 Å². The molecule has 0 aromatic heterocycles. The van der Waals surface area contributed by atoms with Crippen LogP contribution >= 0.6 is 0 Å². The van der Waals surface area contributed by atoms with Gasteiger partial charge in [0.15, 0.2) is 0 Å². The summed E-state index contributed by atoms with van der Waals surface area (Å²) in [5.74, 6) is 1.73. The van der Waals surface area contributed by atoms with Crippen molar-refractivity contribution >= 4 is 31.4 Å². The Morgan fingerprint density at radius 3 is 1.40 bits per heavy atom. The van der Waals surface area contributed by atoms with Crippen molar-refractivity contribution < 1.29 is 26.3 Å². The lowest BCUT2D eigenvalue weighted by atomic mass is 10.3. The highest BCUT2D eigenvalue weighted by Crippen LogP contribution is 2.25. The average Bonchev–Trinajstić information content (AvgIpc) is 2.85. The molecule has 0 aliphatic carbocycles. The maximum atomic E-state index is 12.8. The molecular formula is C25H22N2O6S2. The Hall–Kier alpha value is -4.02. The van der Waals surface area contributed by atoms with E-state index in [-0.39, 0.29) is 15.5 Å². The van der Waals surface area contributed by atoms with Gasteiger partial charge < -0.3 is 9.47 Å². The summed E-state index contributed by atoms with van der Waals surface area (Å²) in [6.45, 7) is 0. The van der Waals surface area contributed by atoms with E-state index in [2.05, 4.69) is 9.44 Å². The highest BCUT2D eigenvalue weighted by Gasteiger charge is 2.17. The van der Waals surface area contributed by atoms with E-state index in [0.29, 0.717) is 22.9 Å². The predicted molar refractivity (Wildman–Crippen MR) is 134 cm³/mol. The molecule has 0 fully saturated rings. The lowest BCUT2D eigenvalue weighted by Crippen LogP contribution is -2.14. The van der Waals surface area contributed by atoms with Crippen molar-refractivity contribution in [2.45, 2.75) is 9.79 Å². The van der Waals surface area contributed by atoms with Gasteiger partial charge in [-0.3, -0.25) is 9.44 Å². The van der Waals surface area contributed by atoms with Crippen LogP contribution in [0.15, 0.2) is 113 Å². The maximum Gasteiger partial charge on any atom is 0.261 e. The van der Waals surface area contributed by atoms with Crippen LogP contribution in [0.2, 0.25) is 0 Å². The van der Waals surface area contributed by atoms with E-state index in [1.54, 1.807) is 48.5 Å². The summed E-state index contributed by atoms with van der Waals surface area (Å²) in [5, 5.41) is 0. The Balaban J connectivity index is 1.43. The minimum Gasteiger partial charge on any atom is -0.497 e. The van der Waals surface area contributed by atoms with Crippen molar-refractivity contribution in [3.63, 3.8) is 0 Å². The molecule has 35 heavy (non-hydrogen) atoms. The summed E-state index contributed by atoms with van der Waals surface area (Å²) in [6, 6.07) is 26.9. The van der Waals surface area contributed by atoms with Gasteiger partial charge in [0.1, 0.15) is 17.2 Å². The smallest absolute Gasteiger partial charge is 0.261 e. The second-order valence-electron chi connectivity index (χ2n) is 7.35. The van der Waals surface area contributed by atoms with Crippen molar-refractivity contribution in [1.29, 1.82) is 0 Å². The fraction of sp³-hybridized carbons (Fsp3) is 0.0400. The number of benzene rings is 4. The topological polar surface area (TPSA) is 111 Å². The molecule has 8 nitrogen and oxygen atoms in total. The van der Waals surface area contributed by atoms with Crippen molar-refractivity contribution in [3.05, 3.63) is 103 Å². The molecule has 10 heteroatoms. The van der Waals surface area contributed by atoms with Gasteiger partial charge in [0, 0.05) is 11.4 Å². The van der Waals surface area contributed by atoms with Crippen molar-refractivity contribution in [1.82, 2.24) is 0 Å². The molecular weight excluding hydrogens is 488 g/mol. The van der Waals surface area contributed by atoms with Crippen LogP contribution in [0.3, 0.4) is 0 Å². The van der Waals surface area contributed by atoms with Crippen LogP contribution in [0, 0.1) is 0 Å². The van der Waals surface area contributed by atoms with Crippen LogP contribution in [0.4, 0.5) is 11.4 Å². The van der Waals surface area contributed by atoms with Gasteiger partial charge in [0.25, 0.3) is 20.0 Å². The minimum atomic E-state index is -3.89. The number of anilines is 2. The molecule has 0 aliphatic heterocycles. The largest absolute Gasteiger partial charge is 0.497 e. The first-order chi connectivity index (χ1) is 16.7. The molecule has 0 saturated heterocycles. The van der Waals surface area contributed by atoms with E-state index >= 15 is 0 Å². The molecule has 0 saturated carbocycles. The quantitative estimate of drug-likeness (QED) is 0.325. The number of sulfonamides is 2. The van der Waals surface area contributed by atoms with E-state index in [1.165, 1.54) is 43.5 Å². The van der Waals surface area contributed by atoms with Crippen LogP contribution in [-0.4, -0.2) is 23.9 Å². The van der Waals surface area contributed by atoms with Gasteiger partial charge in [0.2, 0.25) is 0 Å². The molecule has 0 aliphatic rings. The SMILES string of the molecule is COc1ccc(NS(=O)(=O)c2ccc(NS(=O)(=O)c3ccc(Oc4ccccc4)cc3)cc2)cc1. The first-order valence-electron chi connectivity index (χ1n) is 10.4. The minimum absolute atomic E-state index is 0.0151. The van der Waals surface area contributed by atoms with Crippen molar-refractivity contribution in [2.24, 2.45) is 0 Å². The normalized spacial score (nSPS) is 11.5. The second-order valence-corrected chi connectivity index (χ2v) is 10.7. The Labute approximate surface area is 204 Å². The highest BCUT2D eigenvalue weighted by molar-refractivity contribution is 7.93. The zero-order chi connectivity index (χ0) is 24.9. The number of para-hydroxylation sites is 1. The van der Waals surface area contributed by atoms with Crippen LogP contribution in [0.25, 0.3) is 0 Å². The second kappa shape index (κ2) is 10.1. The number of methoxy groups -OCH3 is 1.